The van der Waals surface area contributed by atoms with E-state index in [2.05, 4.69) is 59.7 Å². The van der Waals surface area contributed by atoms with Gasteiger partial charge in [0.15, 0.2) is 12.2 Å². The van der Waals surface area contributed by atoms with Crippen LogP contribution >= 0.6 is 0 Å². The average Bonchev–Trinajstić information content (AvgIpc) is 2.23. The van der Waals surface area contributed by atoms with Crippen LogP contribution in [0, 0.1) is 5.41 Å². The monoisotopic (exact) mass is 1220 g/mol. The Labute approximate surface area is 495 Å². The van der Waals surface area contributed by atoms with E-state index in [0.717, 1.165) is 6.08 Å². The number of carbonyl (C=O) groups is 12. The highest BCUT2D eigenvalue weighted by atomic mass is 16.7. The Hall–Kier alpha value is -8.37. The van der Waals surface area contributed by atoms with Crippen LogP contribution in [0.25, 0.3) is 0 Å². The van der Waals surface area contributed by atoms with Gasteiger partial charge in [0.1, 0.15) is 54.6 Å². The molecule has 0 aromatic heterocycles. The first-order valence-corrected chi connectivity index (χ1v) is 27.8. The summed E-state index contributed by atoms with van der Waals surface area (Å²) in [7, 11) is 0. The molecule has 480 valence electrons. The number of rotatable bonds is 42. The van der Waals surface area contributed by atoms with Crippen molar-refractivity contribution in [1.29, 1.82) is 5.41 Å². The first-order chi connectivity index (χ1) is 40.9. The number of nitrogens with one attached hydrogen (secondary N) is 12. The number of aliphatic hydroxyl groups excluding tert-OH is 4. The lowest BCUT2D eigenvalue weighted by Gasteiger charge is -2.42. The van der Waals surface area contributed by atoms with Gasteiger partial charge in [0.25, 0.3) is 0 Å². The molecule has 1 aromatic rings. The summed E-state index contributed by atoms with van der Waals surface area (Å²) in [5.74, 6) is -11.4. The molecular weight excluding hydrogens is 1140 g/mol. The van der Waals surface area contributed by atoms with Crippen LogP contribution in [0.5, 0.6) is 0 Å². The molecule has 0 spiro atoms. The Morgan fingerprint density at radius 3 is 1.79 bits per heavy atom. The molecule has 1 aromatic carbocycles. The van der Waals surface area contributed by atoms with Gasteiger partial charge in [0.2, 0.25) is 59.1 Å². The Morgan fingerprint density at radius 2 is 1.20 bits per heavy atom. The third kappa shape index (κ3) is 29.9. The minimum Gasteiger partial charge on any atom is -0.481 e. The van der Waals surface area contributed by atoms with Crippen molar-refractivity contribution in [3.8, 4) is 0 Å². The predicted molar refractivity (Wildman–Crippen MR) is 301 cm³/mol. The maximum absolute atomic E-state index is 14.2. The topological polar surface area (TPSA) is 527 Å². The molecule has 1 aliphatic heterocycles. The molecule has 2 rings (SSSR count). The van der Waals surface area contributed by atoms with Gasteiger partial charge >= 0.3 is 11.9 Å². The normalized spacial score (nSPS) is 17.8. The van der Waals surface area contributed by atoms with Crippen molar-refractivity contribution < 1.29 is 97.6 Å². The number of ether oxygens (including phenoxy) is 2. The van der Waals surface area contributed by atoms with Crippen LogP contribution in [0.15, 0.2) is 43.0 Å². The van der Waals surface area contributed by atoms with Crippen LogP contribution in [0.1, 0.15) is 89.5 Å². The van der Waals surface area contributed by atoms with Crippen LogP contribution in [-0.4, -0.2) is 221 Å². The molecule has 2 unspecified atom stereocenters. The van der Waals surface area contributed by atoms with E-state index in [-0.39, 0.29) is 83.4 Å². The molecule has 1 heterocycles. The number of amides is 10. The largest absolute Gasteiger partial charge is 0.481 e. The highest BCUT2D eigenvalue weighted by molar-refractivity contribution is 5.96. The second kappa shape index (κ2) is 40.8. The average molecular weight is 1220 g/mol. The van der Waals surface area contributed by atoms with Gasteiger partial charge in [-0.2, -0.15) is 0 Å². The van der Waals surface area contributed by atoms with Gasteiger partial charge in [0.05, 0.1) is 39.3 Å². The van der Waals surface area contributed by atoms with Gasteiger partial charge in [-0.25, -0.2) is 4.79 Å². The minimum atomic E-state index is -1.85. The third-order valence-corrected chi connectivity index (χ3v) is 12.8. The number of hydrogen-bond acceptors (Lipinski definition) is 19. The van der Waals surface area contributed by atoms with Gasteiger partial charge in [-0.3, -0.25) is 58.1 Å². The fourth-order valence-corrected chi connectivity index (χ4v) is 8.28. The van der Waals surface area contributed by atoms with E-state index < -0.39 is 165 Å². The number of carboxylic acids is 2. The summed E-state index contributed by atoms with van der Waals surface area (Å²) in [5, 5.41) is 92.2. The van der Waals surface area contributed by atoms with Crippen molar-refractivity contribution >= 4 is 77.0 Å². The van der Waals surface area contributed by atoms with Crippen LogP contribution < -0.4 is 64.2 Å². The van der Waals surface area contributed by atoms with Gasteiger partial charge < -0.3 is 104 Å². The van der Waals surface area contributed by atoms with E-state index >= 15 is 0 Å². The van der Waals surface area contributed by atoms with Gasteiger partial charge in [-0.15, -0.1) is 0 Å². The molecule has 1 fully saturated rings. The van der Waals surface area contributed by atoms with Crippen LogP contribution in [0.3, 0.4) is 0 Å². The molecule has 0 saturated carbocycles. The fourth-order valence-electron chi connectivity index (χ4n) is 8.28. The van der Waals surface area contributed by atoms with E-state index in [1.807, 2.05) is 5.32 Å². The predicted octanol–water partition coefficient (Wildman–Crippen LogP) is -6.41. The van der Waals surface area contributed by atoms with Crippen LogP contribution in [0.4, 0.5) is 0 Å². The smallest absolute Gasteiger partial charge is 0.328 e. The van der Waals surface area contributed by atoms with Crippen LogP contribution in [-0.2, 0) is 73.4 Å². The van der Waals surface area contributed by atoms with Crippen LogP contribution in [0.2, 0.25) is 0 Å². The Bertz CT molecular complexity index is 2440. The first kappa shape index (κ1) is 73.7. The molecule has 1 aliphatic rings. The molecule has 10 atom stereocenters. The lowest BCUT2D eigenvalue weighted by atomic mass is 9.97. The Kier molecular flexibility index (Phi) is 35.0. The molecule has 20 N–H and O–H groups in total. The molecule has 10 amide bonds. The maximum atomic E-state index is 14.2. The second-order valence-corrected chi connectivity index (χ2v) is 19.8. The Balaban J connectivity index is 2.23. The number of hydrogen-bond donors (Lipinski definition) is 19. The van der Waals surface area contributed by atoms with Gasteiger partial charge in [0, 0.05) is 45.8 Å². The summed E-state index contributed by atoms with van der Waals surface area (Å²) in [6.45, 7) is 1.59. The number of carboxylic acid groups (broad SMARTS) is 2. The maximum Gasteiger partial charge on any atom is 0.328 e. The van der Waals surface area contributed by atoms with Crippen molar-refractivity contribution in [3.63, 3.8) is 0 Å². The molecule has 33 nitrogen and oxygen atoms in total. The van der Waals surface area contributed by atoms with Crippen molar-refractivity contribution in [2.75, 3.05) is 52.5 Å². The van der Waals surface area contributed by atoms with E-state index in [1.165, 1.54) is 6.92 Å². The van der Waals surface area contributed by atoms with E-state index in [9.17, 15) is 83.1 Å². The number of unbranched alkanes of at least 4 members (excludes halogenated alkanes) is 3. The molecule has 0 bridgehead atoms. The standard InChI is InChI=1S/C53H83N13O20/c1-3-38(70)56-20-10-5-8-18-40(72)63-34(24-31-14-6-4-7-15-31)49(81)65-33(16-9-11-21-57-39(71)19-13-23-85-52-44(61-30(2)69)46(78)45(77)37(29-68)86-52)48(80)60-26-41(73)62-32(17-12-22-58-53(54)55)47(79)59-27-42(74)64-35(25-43(75)76)50(82)66-36(28-67)51(83)84/h3-4,6-7,14-15,32-37,44-46,52,67-68,77-78H,1,5,8-13,16-29H2,2H3,(H,56,70)(H,57,71)(H,59,79)(H,60,80)(H,61,69)(H,62,73)(H,63,72)(H,64,74)(H,65,81)(H,66,82)(H,75,76)(H,83,84)(H4,54,55,58)/t32-,33-,34-,35-,36-,37?,44?,45+,46+,52+/m0/s1. The molecule has 86 heavy (non-hydrogen) atoms. The highest BCUT2D eigenvalue weighted by Crippen LogP contribution is 2.22. The fraction of sp³-hybridized carbons (Fsp3) is 0.604. The molecular formula is C53H83N13O20. The first-order valence-electron chi connectivity index (χ1n) is 27.8. The highest BCUT2D eigenvalue weighted by Gasteiger charge is 2.45. The number of guanidine groups is 1. The molecule has 0 radical (unpaired) electrons. The lowest BCUT2D eigenvalue weighted by molar-refractivity contribution is -0.270. The van der Waals surface area contributed by atoms with Crippen molar-refractivity contribution in [3.05, 3.63) is 48.6 Å². The van der Waals surface area contributed by atoms with Crippen molar-refractivity contribution in [2.24, 2.45) is 5.73 Å². The zero-order chi connectivity index (χ0) is 64.1. The Morgan fingerprint density at radius 1 is 0.640 bits per heavy atom. The molecule has 33 heteroatoms. The summed E-state index contributed by atoms with van der Waals surface area (Å²) in [5.41, 5.74) is 6.02. The lowest BCUT2D eigenvalue weighted by Crippen LogP contribution is -2.64. The number of nitrogens with two attached hydrogens (primary N) is 1. The van der Waals surface area contributed by atoms with Crippen molar-refractivity contribution in [2.45, 2.75) is 151 Å². The third-order valence-electron chi connectivity index (χ3n) is 12.8. The molecule has 0 aliphatic carbocycles. The number of aliphatic carboxylic acids is 2. The number of carbonyl (C=O) groups excluding carboxylic acids is 10. The van der Waals surface area contributed by atoms with Gasteiger partial charge in [-0.1, -0.05) is 43.3 Å². The summed E-state index contributed by atoms with van der Waals surface area (Å²) < 4.78 is 11.2. The molecule has 1 saturated heterocycles. The number of benzene rings is 1. The summed E-state index contributed by atoms with van der Waals surface area (Å²) in [6.07, 6.45) is -3.42. The summed E-state index contributed by atoms with van der Waals surface area (Å²) in [6, 6.07) is -0.195. The van der Waals surface area contributed by atoms with E-state index in [1.54, 1.807) is 30.3 Å². The van der Waals surface area contributed by atoms with Crippen molar-refractivity contribution in [1.82, 2.24) is 58.5 Å². The summed E-state index contributed by atoms with van der Waals surface area (Å²) >= 11 is 0. The summed E-state index contributed by atoms with van der Waals surface area (Å²) in [4.78, 5) is 153. The minimum absolute atomic E-state index is 0.000768. The van der Waals surface area contributed by atoms with E-state index in [0.29, 0.717) is 31.4 Å². The zero-order valence-electron chi connectivity index (χ0n) is 47.8. The quantitative estimate of drug-likeness (QED) is 0.0125. The SMILES string of the molecule is C=CC(=O)NCCCCCC(=O)N[C@@H](Cc1ccccc1)C(=O)N[C@@H](CCCCNC(=O)CCCO[C@@H]1OC(CO)[C@@H](O)[C@H](O)C1NC(C)=O)C(=O)NCC(=O)N[C@@H](CCCNC(=N)N)C(=O)NCC(=O)N[C@@H](CC(=O)O)C(=O)N[C@@H](CO)C(=O)O. The number of aliphatic hydroxyl groups is 4. The van der Waals surface area contributed by atoms with E-state index in [4.69, 9.17) is 25.7 Å². The zero-order valence-corrected chi connectivity index (χ0v) is 47.8. The van der Waals surface area contributed by atoms with Gasteiger partial charge in [-0.05, 0) is 63.0 Å². The second-order valence-electron chi connectivity index (χ2n) is 19.8.